The van der Waals surface area contributed by atoms with E-state index in [2.05, 4.69) is 21.2 Å². The third kappa shape index (κ3) is 8.86. The second kappa shape index (κ2) is 17.8. The van der Waals surface area contributed by atoms with Gasteiger partial charge in [-0.3, -0.25) is 24.3 Å². The Kier molecular flexibility index (Phi) is 12.6. The standard InChI is InChI=1S/C43H59N7O7/c1-6-23-56-38(51)28-46-19-21-47(22-20-46)33-12-15-48(16-13-33)40(52)30(3)25-31-24-29(2)39-37(26-31)57-41(45(39)4)36-27-34(14-18-50(36)43(54)55-5)49-17-11-32-9-7-8-10-35(32)44-42(49)53/h7-10,24,26,30,33-34H,6,11-23,25,27-28H2,1-5H3,(H,44,53)/b41-36+/t30-,34?/m1/s1. The number of ether oxygens (including phenoxy) is 3. The number of rotatable bonds is 9. The van der Waals surface area contributed by atoms with E-state index in [1.54, 1.807) is 4.90 Å². The average molecular weight is 786 g/mol. The van der Waals surface area contributed by atoms with E-state index in [0.717, 1.165) is 93.0 Å². The van der Waals surface area contributed by atoms with Crippen LogP contribution in [0.4, 0.5) is 21.0 Å². The fraction of sp³-hybridized carbons (Fsp3) is 0.581. The van der Waals surface area contributed by atoms with E-state index in [-0.39, 0.29) is 29.9 Å². The Morgan fingerprint density at radius 1 is 0.965 bits per heavy atom. The van der Waals surface area contributed by atoms with Gasteiger partial charge < -0.3 is 34.2 Å². The van der Waals surface area contributed by atoms with Crippen molar-refractivity contribution in [3.63, 3.8) is 0 Å². The van der Waals surface area contributed by atoms with Crippen molar-refractivity contribution in [1.82, 2.24) is 24.5 Å². The zero-order valence-electron chi connectivity index (χ0n) is 34.3. The highest BCUT2D eigenvalue weighted by Gasteiger charge is 2.40. The number of carbonyl (C=O) groups is 4. The first-order valence-corrected chi connectivity index (χ1v) is 20.7. The lowest BCUT2D eigenvalue weighted by molar-refractivity contribution is -0.145. The fourth-order valence-electron chi connectivity index (χ4n) is 9.27. The van der Waals surface area contributed by atoms with Gasteiger partial charge in [0, 0.05) is 89.5 Å². The monoisotopic (exact) mass is 785 g/mol. The Hall–Kier alpha value is -4.82. The van der Waals surface area contributed by atoms with Crippen LogP contribution >= 0.6 is 0 Å². The van der Waals surface area contributed by atoms with E-state index in [0.29, 0.717) is 68.9 Å². The number of hydrogen-bond donors (Lipinski definition) is 1. The Balaban J connectivity index is 0.973. The molecule has 0 aromatic heterocycles. The molecule has 2 atom stereocenters. The van der Waals surface area contributed by atoms with E-state index in [1.165, 1.54) is 7.11 Å². The summed E-state index contributed by atoms with van der Waals surface area (Å²) in [5.74, 6) is 1.05. The number of para-hydroxylation sites is 1. The van der Waals surface area contributed by atoms with Crippen LogP contribution in [0.1, 0.15) is 62.6 Å². The zero-order valence-corrected chi connectivity index (χ0v) is 34.3. The van der Waals surface area contributed by atoms with Crippen LogP contribution in [-0.4, -0.2) is 140 Å². The molecule has 0 radical (unpaired) electrons. The lowest BCUT2D eigenvalue weighted by Crippen LogP contribution is -2.54. The van der Waals surface area contributed by atoms with E-state index >= 15 is 0 Å². The number of esters is 1. The molecule has 7 rings (SSSR count). The third-order valence-electron chi connectivity index (χ3n) is 12.3. The van der Waals surface area contributed by atoms with Crippen LogP contribution in [0.3, 0.4) is 0 Å². The van der Waals surface area contributed by atoms with Gasteiger partial charge >= 0.3 is 18.1 Å². The van der Waals surface area contributed by atoms with Crippen molar-refractivity contribution < 1.29 is 33.4 Å². The summed E-state index contributed by atoms with van der Waals surface area (Å²) >= 11 is 0. The number of aryl methyl sites for hydroxylation is 1. The highest BCUT2D eigenvalue weighted by atomic mass is 16.5. The van der Waals surface area contributed by atoms with E-state index < -0.39 is 6.09 Å². The first-order chi connectivity index (χ1) is 27.5. The molecule has 14 nitrogen and oxygen atoms in total. The summed E-state index contributed by atoms with van der Waals surface area (Å²) < 4.78 is 17.1. The molecule has 0 saturated carbocycles. The molecule has 4 amide bonds. The van der Waals surface area contributed by atoms with Gasteiger partial charge in [-0.05, 0) is 74.3 Å². The SMILES string of the molecule is CCCOC(=O)CN1CCN(C2CCN(C(=O)[C@H](C)Cc3cc(C)c4c(c3)O/C(=C3\CC(N5CCc6ccccc6NC5=O)CCN3C(=O)OC)N4C)CC2)CC1. The Bertz CT molecular complexity index is 1850. The van der Waals surface area contributed by atoms with Gasteiger partial charge in [-0.15, -0.1) is 0 Å². The number of piperidine rings is 2. The van der Waals surface area contributed by atoms with Crippen molar-refractivity contribution >= 4 is 35.4 Å². The minimum Gasteiger partial charge on any atom is -0.465 e. The van der Waals surface area contributed by atoms with Crippen molar-refractivity contribution in [3.05, 3.63) is 64.7 Å². The van der Waals surface area contributed by atoms with Crippen molar-refractivity contribution in [1.29, 1.82) is 0 Å². The van der Waals surface area contributed by atoms with Crippen LogP contribution in [0.2, 0.25) is 0 Å². The second-order valence-electron chi connectivity index (χ2n) is 16.2. The van der Waals surface area contributed by atoms with Crippen LogP contribution in [0, 0.1) is 12.8 Å². The zero-order chi connectivity index (χ0) is 40.2. The van der Waals surface area contributed by atoms with Gasteiger partial charge in [0.05, 0.1) is 31.6 Å². The number of hydrogen-bond acceptors (Lipinski definition) is 10. The molecular formula is C43H59N7O7. The average Bonchev–Trinajstić information content (AvgIpc) is 3.45. The summed E-state index contributed by atoms with van der Waals surface area (Å²) in [6, 6.07) is 12.2. The minimum atomic E-state index is -0.464. The lowest BCUT2D eigenvalue weighted by Gasteiger charge is -2.43. The maximum atomic E-state index is 13.8. The fourth-order valence-corrected chi connectivity index (χ4v) is 9.27. The Labute approximate surface area is 336 Å². The predicted octanol–water partition coefficient (Wildman–Crippen LogP) is 5.05. The number of fused-ring (bicyclic) bond motifs is 2. The number of anilines is 2. The van der Waals surface area contributed by atoms with Crippen molar-refractivity contribution in [2.24, 2.45) is 5.92 Å². The van der Waals surface area contributed by atoms with Gasteiger partial charge in [-0.1, -0.05) is 38.1 Å². The molecule has 14 heteroatoms. The van der Waals surface area contributed by atoms with Crippen LogP contribution in [0.25, 0.3) is 0 Å². The highest BCUT2D eigenvalue weighted by Crippen LogP contribution is 2.44. The van der Waals surface area contributed by atoms with Gasteiger partial charge in [-0.2, -0.15) is 0 Å². The van der Waals surface area contributed by atoms with Crippen LogP contribution in [0.15, 0.2) is 48.0 Å². The first kappa shape index (κ1) is 40.4. The molecule has 57 heavy (non-hydrogen) atoms. The molecule has 308 valence electrons. The van der Waals surface area contributed by atoms with Gasteiger partial charge in [0.2, 0.25) is 11.8 Å². The molecule has 2 aromatic rings. The van der Waals surface area contributed by atoms with Crippen molar-refractivity contribution in [2.45, 2.75) is 77.8 Å². The molecule has 5 aliphatic heterocycles. The number of piperazine rings is 1. The summed E-state index contributed by atoms with van der Waals surface area (Å²) in [5.41, 5.74) is 5.56. The molecule has 0 bridgehead atoms. The molecule has 5 heterocycles. The maximum Gasteiger partial charge on any atom is 0.413 e. The number of likely N-dealkylation sites (tertiary alicyclic amines) is 2. The molecular weight excluding hydrogens is 727 g/mol. The van der Waals surface area contributed by atoms with Crippen LogP contribution in [-0.2, 0) is 31.9 Å². The van der Waals surface area contributed by atoms with Crippen molar-refractivity contribution in [3.8, 4) is 5.75 Å². The number of benzene rings is 2. The summed E-state index contributed by atoms with van der Waals surface area (Å²) in [6.45, 7) is 12.9. The summed E-state index contributed by atoms with van der Waals surface area (Å²) in [6.07, 6.45) is 4.62. The number of amides is 4. The molecule has 1 unspecified atom stereocenters. The summed E-state index contributed by atoms with van der Waals surface area (Å²) in [5, 5.41) is 3.09. The van der Waals surface area contributed by atoms with Gasteiger partial charge in [0.15, 0.2) is 5.75 Å². The number of methoxy groups -OCH3 is 1. The predicted molar refractivity (Wildman–Crippen MR) is 217 cm³/mol. The number of nitrogens with one attached hydrogen (secondary N) is 1. The third-order valence-corrected chi connectivity index (χ3v) is 12.3. The molecule has 3 saturated heterocycles. The highest BCUT2D eigenvalue weighted by molar-refractivity contribution is 5.91. The summed E-state index contributed by atoms with van der Waals surface area (Å²) in [7, 11) is 3.32. The molecule has 1 N–H and O–H groups in total. The molecule has 0 aliphatic carbocycles. The van der Waals surface area contributed by atoms with E-state index in [9.17, 15) is 19.2 Å². The first-order valence-electron chi connectivity index (χ1n) is 20.7. The Morgan fingerprint density at radius 2 is 1.70 bits per heavy atom. The molecule has 5 aliphatic rings. The molecule has 3 fully saturated rings. The largest absolute Gasteiger partial charge is 0.465 e. The van der Waals surface area contributed by atoms with Crippen LogP contribution in [0.5, 0.6) is 5.75 Å². The quantitative estimate of drug-likeness (QED) is 0.345. The second-order valence-corrected chi connectivity index (χ2v) is 16.2. The maximum absolute atomic E-state index is 13.8. The summed E-state index contributed by atoms with van der Waals surface area (Å²) in [4.78, 5) is 64.7. The van der Waals surface area contributed by atoms with Crippen LogP contribution < -0.4 is 15.0 Å². The van der Waals surface area contributed by atoms with Gasteiger partial charge in [-0.25, -0.2) is 9.59 Å². The smallest absolute Gasteiger partial charge is 0.413 e. The molecule has 2 aromatic carbocycles. The number of nitrogens with zero attached hydrogens (tertiary/aromatic N) is 6. The molecule has 0 spiro atoms. The van der Waals surface area contributed by atoms with E-state index in [1.807, 2.05) is 72.9 Å². The van der Waals surface area contributed by atoms with Gasteiger partial charge in [0.1, 0.15) is 0 Å². The minimum absolute atomic E-state index is 0.142. The number of urea groups is 1. The van der Waals surface area contributed by atoms with E-state index in [4.69, 9.17) is 14.2 Å². The Morgan fingerprint density at radius 3 is 2.44 bits per heavy atom. The van der Waals surface area contributed by atoms with Crippen molar-refractivity contribution in [2.75, 3.05) is 89.9 Å². The normalized spacial score (nSPS) is 22.6. The number of carbonyl (C=O) groups excluding carboxylic acids is 4. The van der Waals surface area contributed by atoms with Gasteiger partial charge in [0.25, 0.3) is 0 Å². The topological polar surface area (TPSA) is 127 Å². The lowest BCUT2D eigenvalue weighted by atomic mass is 9.95.